The number of amides is 2. The molecule has 5 aliphatic rings. The second kappa shape index (κ2) is 16.0. The summed E-state index contributed by atoms with van der Waals surface area (Å²) in [5.74, 6) is -3.75. The molecule has 63 heavy (non-hydrogen) atoms. The lowest BCUT2D eigenvalue weighted by Gasteiger charge is -2.43. The van der Waals surface area contributed by atoms with Crippen molar-refractivity contribution in [3.8, 4) is 5.75 Å². The first-order valence-corrected chi connectivity index (χ1v) is 21.8. The summed E-state index contributed by atoms with van der Waals surface area (Å²) in [6, 6.07) is 9.41. The van der Waals surface area contributed by atoms with Gasteiger partial charge in [-0.25, -0.2) is 23.1 Å². The van der Waals surface area contributed by atoms with E-state index in [4.69, 9.17) is 4.74 Å². The van der Waals surface area contributed by atoms with Crippen LogP contribution in [0.15, 0.2) is 47.4 Å². The van der Waals surface area contributed by atoms with E-state index < -0.39 is 29.9 Å². The van der Waals surface area contributed by atoms with E-state index in [0.29, 0.717) is 80.1 Å². The number of carbonyl (C=O) groups is 2. The Morgan fingerprint density at radius 2 is 1.76 bits per heavy atom. The summed E-state index contributed by atoms with van der Waals surface area (Å²) in [6.07, 6.45) is 5.53. The van der Waals surface area contributed by atoms with Crippen LogP contribution in [0.5, 0.6) is 5.75 Å². The number of aryl methyl sites for hydroxylation is 2. The van der Waals surface area contributed by atoms with Crippen LogP contribution in [0.1, 0.15) is 44.9 Å². The van der Waals surface area contributed by atoms with Crippen molar-refractivity contribution < 1.29 is 32.6 Å². The first-order chi connectivity index (χ1) is 30.4. The van der Waals surface area contributed by atoms with E-state index in [9.17, 15) is 19.5 Å². The van der Waals surface area contributed by atoms with Crippen molar-refractivity contribution in [2.24, 2.45) is 25.9 Å². The maximum absolute atomic E-state index is 15.4. The number of rotatable bonds is 9. The van der Waals surface area contributed by atoms with Gasteiger partial charge in [0.15, 0.2) is 24.1 Å². The summed E-state index contributed by atoms with van der Waals surface area (Å²) in [5, 5.41) is 22.5. The molecule has 7 heterocycles. The molecule has 2 aromatic carbocycles. The first kappa shape index (κ1) is 41.1. The molecule has 1 saturated carbocycles. The lowest BCUT2D eigenvalue weighted by molar-refractivity contribution is -0.129. The van der Waals surface area contributed by atoms with Gasteiger partial charge in [-0.1, -0.05) is 6.07 Å². The smallest absolute Gasteiger partial charge is 0.301 e. The minimum Gasteiger partial charge on any atom is -0.480 e. The number of benzene rings is 2. The zero-order valence-electron chi connectivity index (χ0n) is 35.2. The Bertz CT molecular complexity index is 2660. The first-order valence-electron chi connectivity index (χ1n) is 21.8. The van der Waals surface area contributed by atoms with Crippen molar-refractivity contribution in [3.63, 3.8) is 0 Å². The van der Waals surface area contributed by atoms with Crippen LogP contribution in [0.25, 0.3) is 21.8 Å². The number of anilines is 6. The minimum absolute atomic E-state index is 0.0979. The maximum atomic E-state index is 15.4. The average Bonchev–Trinajstić information content (AvgIpc) is 4.08. The van der Waals surface area contributed by atoms with E-state index >= 15 is 13.2 Å². The third-order valence-electron chi connectivity index (χ3n) is 13.4. The summed E-state index contributed by atoms with van der Waals surface area (Å²) in [5.41, 5.74) is 2.47. The van der Waals surface area contributed by atoms with E-state index in [1.54, 1.807) is 29.9 Å². The molecule has 0 radical (unpaired) electrons. The normalized spacial score (nSPS) is 22.3. The van der Waals surface area contributed by atoms with Gasteiger partial charge in [0, 0.05) is 82.7 Å². The highest BCUT2D eigenvalue weighted by molar-refractivity contribution is 6.20. The summed E-state index contributed by atoms with van der Waals surface area (Å²) in [6.45, 7) is 3.20. The molecule has 19 heteroatoms. The van der Waals surface area contributed by atoms with E-state index in [2.05, 4.69) is 41.6 Å². The highest BCUT2D eigenvalue weighted by atomic mass is 19.3. The molecule has 0 bridgehead atoms. The molecule has 3 saturated heterocycles. The van der Waals surface area contributed by atoms with Gasteiger partial charge in [0.2, 0.25) is 23.5 Å². The van der Waals surface area contributed by atoms with Crippen LogP contribution in [0, 0.1) is 17.7 Å². The quantitative estimate of drug-likeness (QED) is 0.174. The van der Waals surface area contributed by atoms with Gasteiger partial charge in [-0.2, -0.15) is 10.1 Å². The van der Waals surface area contributed by atoms with Crippen LogP contribution in [0.4, 0.5) is 47.8 Å². The van der Waals surface area contributed by atoms with Gasteiger partial charge in [0.1, 0.15) is 0 Å². The molecule has 16 nitrogen and oxygen atoms in total. The molecule has 2 atom stereocenters. The molecular formula is C44H50F3N11O5. The molecule has 0 spiro atoms. The van der Waals surface area contributed by atoms with E-state index in [0.717, 1.165) is 55.3 Å². The van der Waals surface area contributed by atoms with Crippen molar-refractivity contribution in [2.45, 2.75) is 63.0 Å². The molecule has 10 rings (SSSR count). The Balaban J connectivity index is 0.807. The predicted molar refractivity (Wildman–Crippen MR) is 232 cm³/mol. The SMILES string of the molecule is Cn1nc(N2C(=O)CCCC2=O)c2cccc(N3CCC(CN4CCN(c5ncc(F)c(Nc6ccc7c(c6)c6c(c(=O)n7C)OCC(F)(F)[C@H](C7CC7)N6)n5)[C@@H](CO)C4)CC3)c21. The van der Waals surface area contributed by atoms with Gasteiger partial charge in [0.25, 0.3) is 5.56 Å². The number of imide groups is 1. The molecule has 2 amide bonds. The highest BCUT2D eigenvalue weighted by Crippen LogP contribution is 2.46. The molecular weight excluding hydrogens is 820 g/mol. The monoisotopic (exact) mass is 869 g/mol. The fourth-order valence-corrected chi connectivity index (χ4v) is 9.94. The second-order valence-corrected chi connectivity index (χ2v) is 17.6. The van der Waals surface area contributed by atoms with Crippen molar-refractivity contribution in [1.82, 2.24) is 29.2 Å². The Hall–Kier alpha value is -5.95. The molecule has 3 aromatic heterocycles. The third kappa shape index (κ3) is 7.47. The zero-order chi connectivity index (χ0) is 43.7. The van der Waals surface area contributed by atoms with Crippen LogP contribution in [0.3, 0.4) is 0 Å². The number of nitrogens with one attached hydrogen (secondary N) is 2. The number of aliphatic hydroxyl groups is 1. The summed E-state index contributed by atoms with van der Waals surface area (Å²) in [7, 11) is 3.40. The summed E-state index contributed by atoms with van der Waals surface area (Å²) >= 11 is 0. The molecule has 0 unspecified atom stereocenters. The van der Waals surface area contributed by atoms with Gasteiger partial charge < -0.3 is 34.8 Å². The topological polar surface area (TPSA) is 166 Å². The van der Waals surface area contributed by atoms with Crippen LogP contribution in [-0.2, 0) is 23.7 Å². The molecule has 3 N–H and O–H groups in total. The van der Waals surface area contributed by atoms with Gasteiger partial charge >= 0.3 is 5.92 Å². The number of hydrogen-bond acceptors (Lipinski definition) is 13. The summed E-state index contributed by atoms with van der Waals surface area (Å²) < 4.78 is 54.3. The van der Waals surface area contributed by atoms with Crippen molar-refractivity contribution >= 4 is 68.3 Å². The number of pyridine rings is 1. The standard InChI is InChI=1S/C44H50F3N11O5/c1-53-32-12-11-27(19-30(32)36-38(42(53)62)63-24-44(46,47)39(50-36)26-9-10-26)49-40-31(45)20-48-43(51-40)57-18-17-55(22-28(57)23-59)21-25-13-15-56(16-14-25)33-6-3-5-29-37(33)54(2)52-41(29)58-34(60)7-4-8-35(58)61/h3,5-6,11-12,19-20,25-26,28,39,50,59H,4,7-10,13-18,21-24H2,1-2H3,(H,48,49,51)/t28-,39+/m1/s1. The number of nitrogens with zero attached hydrogens (tertiary/aromatic N) is 9. The lowest BCUT2D eigenvalue weighted by atomic mass is 9.95. The molecule has 4 aliphatic heterocycles. The maximum Gasteiger partial charge on any atom is 0.301 e. The number of piperazine rings is 1. The molecule has 332 valence electrons. The number of carbonyl (C=O) groups excluding carboxylic acids is 2. The average molecular weight is 870 g/mol. The number of ether oxygens (including phenoxy) is 1. The number of aromatic nitrogens is 5. The van der Waals surface area contributed by atoms with Gasteiger partial charge in [0.05, 0.1) is 47.3 Å². The fraction of sp³-hybridized carbons (Fsp3) is 0.500. The van der Waals surface area contributed by atoms with Crippen molar-refractivity contribution in [2.75, 3.05) is 77.8 Å². The predicted octanol–water partition coefficient (Wildman–Crippen LogP) is 4.76. The second-order valence-electron chi connectivity index (χ2n) is 17.6. The fourth-order valence-electron chi connectivity index (χ4n) is 9.94. The van der Waals surface area contributed by atoms with Crippen LogP contribution in [-0.4, -0.2) is 117 Å². The molecule has 1 aliphatic carbocycles. The minimum atomic E-state index is -3.18. The number of piperidine rings is 2. The Morgan fingerprint density at radius 1 is 0.984 bits per heavy atom. The highest BCUT2D eigenvalue weighted by Gasteiger charge is 2.51. The van der Waals surface area contributed by atoms with E-state index in [1.165, 1.54) is 9.47 Å². The summed E-state index contributed by atoms with van der Waals surface area (Å²) in [4.78, 5) is 55.5. The van der Waals surface area contributed by atoms with Crippen molar-refractivity contribution in [3.05, 3.63) is 58.8 Å². The number of aliphatic hydroxyl groups excluding tert-OH is 1. The van der Waals surface area contributed by atoms with E-state index in [-0.39, 0.29) is 53.6 Å². The zero-order valence-corrected chi connectivity index (χ0v) is 35.2. The van der Waals surface area contributed by atoms with E-state index in [1.807, 2.05) is 24.1 Å². The van der Waals surface area contributed by atoms with Gasteiger partial charge in [-0.3, -0.25) is 24.0 Å². The third-order valence-corrected chi connectivity index (χ3v) is 13.4. The lowest BCUT2D eigenvalue weighted by Crippen LogP contribution is -2.56. The Labute approximate surface area is 360 Å². The van der Waals surface area contributed by atoms with Gasteiger partial charge in [-0.15, -0.1) is 0 Å². The number of hydrogen-bond donors (Lipinski definition) is 3. The van der Waals surface area contributed by atoms with Crippen LogP contribution < -0.4 is 35.6 Å². The molecule has 5 aromatic rings. The Morgan fingerprint density at radius 3 is 2.51 bits per heavy atom. The number of halogens is 3. The van der Waals surface area contributed by atoms with Crippen LogP contribution in [0.2, 0.25) is 0 Å². The molecule has 4 fully saturated rings. The number of fused-ring (bicyclic) bond motifs is 4. The Kier molecular flexibility index (Phi) is 10.4. The van der Waals surface area contributed by atoms with Gasteiger partial charge in [-0.05, 0) is 74.3 Å². The number of para-hydroxylation sites is 1. The number of alkyl halides is 2. The van der Waals surface area contributed by atoms with Crippen LogP contribution >= 0.6 is 0 Å². The van der Waals surface area contributed by atoms with Crippen molar-refractivity contribution in [1.29, 1.82) is 0 Å². The largest absolute Gasteiger partial charge is 0.480 e.